The maximum Gasteiger partial charge on any atom is 0.255 e. The Hall–Kier alpha value is -1.75. The Kier molecular flexibility index (Phi) is 4.63. The van der Waals surface area contributed by atoms with Crippen molar-refractivity contribution in [3.63, 3.8) is 0 Å². The molecule has 0 saturated heterocycles. The van der Waals surface area contributed by atoms with Crippen LogP contribution in [0.25, 0.3) is 0 Å². The minimum atomic E-state index is -0.413. The Labute approximate surface area is 112 Å². The molecule has 104 valence electrons. The number of amides is 1. The van der Waals surface area contributed by atoms with Crippen LogP contribution < -0.4 is 5.32 Å². The summed E-state index contributed by atoms with van der Waals surface area (Å²) >= 11 is 0. The van der Waals surface area contributed by atoms with Gasteiger partial charge in [-0.25, -0.2) is 0 Å². The minimum Gasteiger partial charge on any atom is -0.504 e. The van der Waals surface area contributed by atoms with Crippen LogP contribution in [0, 0.1) is 0 Å². The van der Waals surface area contributed by atoms with Gasteiger partial charge in [-0.2, -0.15) is 0 Å². The van der Waals surface area contributed by atoms with Gasteiger partial charge in [0, 0.05) is 6.54 Å². The number of aromatic hydroxyl groups is 2. The Balaban J connectivity index is 1.76. The van der Waals surface area contributed by atoms with E-state index in [1.54, 1.807) is 0 Å². The SMILES string of the molecule is O=C(NCCOC1CCCC1)c1cccc(O)c1O. The van der Waals surface area contributed by atoms with Crippen LogP contribution in [0.5, 0.6) is 11.5 Å². The Morgan fingerprint density at radius 3 is 2.79 bits per heavy atom. The molecular formula is C14H19NO4. The molecule has 0 spiro atoms. The van der Waals surface area contributed by atoms with Crippen molar-refractivity contribution in [1.29, 1.82) is 0 Å². The van der Waals surface area contributed by atoms with Crippen molar-refractivity contribution in [2.75, 3.05) is 13.2 Å². The molecule has 5 heteroatoms. The Bertz CT molecular complexity index is 441. The molecule has 1 aromatic rings. The molecule has 1 saturated carbocycles. The maximum atomic E-state index is 11.8. The second kappa shape index (κ2) is 6.43. The number of carbonyl (C=O) groups excluding carboxylic acids is 1. The van der Waals surface area contributed by atoms with E-state index in [1.165, 1.54) is 31.0 Å². The van der Waals surface area contributed by atoms with Crippen LogP contribution >= 0.6 is 0 Å². The van der Waals surface area contributed by atoms with E-state index >= 15 is 0 Å². The second-order valence-electron chi connectivity index (χ2n) is 4.71. The first kappa shape index (κ1) is 13.7. The molecule has 1 aliphatic carbocycles. The molecule has 0 heterocycles. The lowest BCUT2D eigenvalue weighted by atomic mass is 10.1. The second-order valence-corrected chi connectivity index (χ2v) is 4.71. The largest absolute Gasteiger partial charge is 0.504 e. The number of carbonyl (C=O) groups is 1. The van der Waals surface area contributed by atoms with Crippen LogP contribution in [0.15, 0.2) is 18.2 Å². The van der Waals surface area contributed by atoms with E-state index in [1.807, 2.05) is 0 Å². The number of hydrogen-bond acceptors (Lipinski definition) is 4. The summed E-state index contributed by atoms with van der Waals surface area (Å²) in [4.78, 5) is 11.8. The normalized spacial score (nSPS) is 15.6. The predicted octanol–water partition coefficient (Wildman–Crippen LogP) is 1.79. The highest BCUT2D eigenvalue weighted by atomic mass is 16.5. The first-order chi connectivity index (χ1) is 9.18. The number of phenols is 2. The summed E-state index contributed by atoms with van der Waals surface area (Å²) in [5, 5.41) is 21.5. The smallest absolute Gasteiger partial charge is 0.255 e. The topological polar surface area (TPSA) is 78.8 Å². The van der Waals surface area contributed by atoms with E-state index in [0.717, 1.165) is 12.8 Å². The molecule has 0 aliphatic heterocycles. The monoisotopic (exact) mass is 265 g/mol. The van der Waals surface area contributed by atoms with E-state index in [0.29, 0.717) is 19.3 Å². The number of phenolic OH excluding ortho intramolecular Hbond substituents is 2. The third kappa shape index (κ3) is 3.61. The predicted molar refractivity (Wildman–Crippen MR) is 70.3 cm³/mol. The fourth-order valence-electron chi connectivity index (χ4n) is 2.25. The average molecular weight is 265 g/mol. The van der Waals surface area contributed by atoms with Crippen molar-refractivity contribution in [2.24, 2.45) is 0 Å². The van der Waals surface area contributed by atoms with Crippen molar-refractivity contribution in [3.8, 4) is 11.5 Å². The highest BCUT2D eigenvalue weighted by Gasteiger charge is 2.16. The van der Waals surface area contributed by atoms with Gasteiger partial charge >= 0.3 is 0 Å². The highest BCUT2D eigenvalue weighted by Crippen LogP contribution is 2.27. The molecule has 1 aromatic carbocycles. The number of hydrogen-bond donors (Lipinski definition) is 3. The zero-order valence-electron chi connectivity index (χ0n) is 10.8. The van der Waals surface area contributed by atoms with Gasteiger partial charge in [0.1, 0.15) is 0 Å². The Morgan fingerprint density at radius 2 is 2.05 bits per heavy atom. The average Bonchev–Trinajstić information content (AvgIpc) is 2.91. The number of rotatable bonds is 5. The molecule has 5 nitrogen and oxygen atoms in total. The van der Waals surface area contributed by atoms with Gasteiger partial charge in [-0.3, -0.25) is 4.79 Å². The van der Waals surface area contributed by atoms with Gasteiger partial charge in [0.25, 0.3) is 5.91 Å². The molecule has 1 aliphatic rings. The molecule has 0 bridgehead atoms. The van der Waals surface area contributed by atoms with E-state index in [4.69, 9.17) is 4.74 Å². The minimum absolute atomic E-state index is 0.0702. The number of para-hydroxylation sites is 1. The van der Waals surface area contributed by atoms with Gasteiger partial charge in [0.05, 0.1) is 18.3 Å². The fourth-order valence-corrected chi connectivity index (χ4v) is 2.25. The molecule has 0 radical (unpaired) electrons. The third-order valence-corrected chi connectivity index (χ3v) is 3.30. The molecule has 3 N–H and O–H groups in total. The van der Waals surface area contributed by atoms with Crippen LogP contribution in [0.1, 0.15) is 36.0 Å². The first-order valence-electron chi connectivity index (χ1n) is 6.59. The van der Waals surface area contributed by atoms with Gasteiger partial charge < -0.3 is 20.3 Å². The van der Waals surface area contributed by atoms with E-state index in [2.05, 4.69) is 5.32 Å². The van der Waals surface area contributed by atoms with E-state index in [9.17, 15) is 15.0 Å². The summed E-state index contributed by atoms with van der Waals surface area (Å²) in [5.41, 5.74) is 0.0702. The van der Waals surface area contributed by atoms with Gasteiger partial charge in [0.15, 0.2) is 11.5 Å². The lowest BCUT2D eigenvalue weighted by molar-refractivity contribution is 0.0581. The van der Waals surface area contributed by atoms with Gasteiger partial charge in [-0.1, -0.05) is 18.9 Å². The van der Waals surface area contributed by atoms with Crippen molar-refractivity contribution in [2.45, 2.75) is 31.8 Å². The van der Waals surface area contributed by atoms with Gasteiger partial charge in [-0.15, -0.1) is 0 Å². The summed E-state index contributed by atoms with van der Waals surface area (Å²) in [6, 6.07) is 4.30. The van der Waals surface area contributed by atoms with E-state index < -0.39 is 11.7 Å². The summed E-state index contributed by atoms with van der Waals surface area (Å²) in [6.07, 6.45) is 4.95. The lowest BCUT2D eigenvalue weighted by Gasteiger charge is -2.12. The Morgan fingerprint density at radius 1 is 1.32 bits per heavy atom. The zero-order valence-corrected chi connectivity index (χ0v) is 10.8. The first-order valence-corrected chi connectivity index (χ1v) is 6.59. The van der Waals surface area contributed by atoms with Crippen molar-refractivity contribution < 1.29 is 19.7 Å². The van der Waals surface area contributed by atoms with E-state index in [-0.39, 0.29) is 11.3 Å². The quantitative estimate of drug-likeness (QED) is 0.560. The summed E-state index contributed by atoms with van der Waals surface area (Å²) in [5.74, 6) is -1.10. The fraction of sp³-hybridized carbons (Fsp3) is 0.500. The molecular weight excluding hydrogens is 246 g/mol. The van der Waals surface area contributed by atoms with Crippen LogP contribution in [-0.4, -0.2) is 35.4 Å². The maximum absolute atomic E-state index is 11.8. The van der Waals surface area contributed by atoms with Gasteiger partial charge in [0.2, 0.25) is 0 Å². The van der Waals surface area contributed by atoms with Crippen LogP contribution in [0.3, 0.4) is 0 Å². The van der Waals surface area contributed by atoms with Crippen molar-refractivity contribution in [3.05, 3.63) is 23.8 Å². The summed E-state index contributed by atoms with van der Waals surface area (Å²) in [6.45, 7) is 0.862. The number of benzene rings is 1. The summed E-state index contributed by atoms with van der Waals surface area (Å²) in [7, 11) is 0. The third-order valence-electron chi connectivity index (χ3n) is 3.30. The zero-order chi connectivity index (χ0) is 13.7. The molecule has 19 heavy (non-hydrogen) atoms. The lowest BCUT2D eigenvalue weighted by Crippen LogP contribution is -2.28. The molecule has 0 atom stereocenters. The van der Waals surface area contributed by atoms with Crippen LogP contribution in [0.4, 0.5) is 0 Å². The molecule has 1 fully saturated rings. The van der Waals surface area contributed by atoms with Crippen LogP contribution in [0.2, 0.25) is 0 Å². The molecule has 0 unspecified atom stereocenters. The van der Waals surface area contributed by atoms with Crippen molar-refractivity contribution in [1.82, 2.24) is 5.32 Å². The molecule has 0 aromatic heterocycles. The summed E-state index contributed by atoms with van der Waals surface area (Å²) < 4.78 is 5.62. The van der Waals surface area contributed by atoms with Crippen LogP contribution in [-0.2, 0) is 4.74 Å². The van der Waals surface area contributed by atoms with Gasteiger partial charge in [-0.05, 0) is 25.0 Å². The van der Waals surface area contributed by atoms with Crippen molar-refractivity contribution >= 4 is 5.91 Å². The number of nitrogens with one attached hydrogen (secondary N) is 1. The number of ether oxygens (including phenoxy) is 1. The standard InChI is InChI=1S/C14H19NO4/c16-12-7-3-6-11(13(12)17)14(18)15-8-9-19-10-4-1-2-5-10/h3,6-7,10,16-17H,1-2,4-5,8-9H2,(H,15,18). The molecule has 2 rings (SSSR count). The highest BCUT2D eigenvalue weighted by molar-refractivity contribution is 5.97. The molecule has 1 amide bonds.